The van der Waals surface area contributed by atoms with Crippen LogP contribution < -0.4 is 11.5 Å². The lowest BCUT2D eigenvalue weighted by Gasteiger charge is -2.07. The number of phenols is 2. The average molecular weight is 243 g/mol. The van der Waals surface area contributed by atoms with Crippen molar-refractivity contribution >= 4 is 11.8 Å². The lowest BCUT2D eigenvalue weighted by atomic mass is 10.1. The normalized spacial score (nSPS) is 9.94. The molecule has 7 heteroatoms. The van der Waals surface area contributed by atoms with Crippen molar-refractivity contribution < 1.29 is 10.2 Å². The molecule has 1 aromatic heterocycles. The number of rotatable bonds is 1. The molecule has 0 atom stereocenters. The molecule has 0 saturated carbocycles. The van der Waals surface area contributed by atoms with E-state index in [9.17, 15) is 10.2 Å². The number of aromatic hydroxyl groups is 2. The first-order chi connectivity index (χ1) is 8.52. The molecule has 2 aromatic rings. The van der Waals surface area contributed by atoms with E-state index in [-0.39, 0.29) is 34.5 Å². The summed E-state index contributed by atoms with van der Waals surface area (Å²) in [4.78, 5) is 7.60. The van der Waals surface area contributed by atoms with Crippen molar-refractivity contribution in [3.8, 4) is 28.8 Å². The van der Waals surface area contributed by atoms with Crippen LogP contribution in [-0.2, 0) is 0 Å². The number of hydrogen-bond donors (Lipinski definition) is 4. The maximum Gasteiger partial charge on any atom is 0.222 e. The summed E-state index contributed by atoms with van der Waals surface area (Å²) in [5.74, 6) is -0.707. The predicted molar refractivity (Wildman–Crippen MR) is 64.3 cm³/mol. The van der Waals surface area contributed by atoms with Crippen molar-refractivity contribution in [3.63, 3.8) is 0 Å². The lowest BCUT2D eigenvalue weighted by molar-refractivity contribution is 0.404. The van der Waals surface area contributed by atoms with Crippen LogP contribution in [-0.4, -0.2) is 20.2 Å². The quantitative estimate of drug-likeness (QED) is 0.537. The number of hydrogen-bond acceptors (Lipinski definition) is 7. The van der Waals surface area contributed by atoms with Gasteiger partial charge >= 0.3 is 0 Å². The van der Waals surface area contributed by atoms with Gasteiger partial charge in [0.15, 0.2) is 11.5 Å². The van der Waals surface area contributed by atoms with Crippen LogP contribution in [0, 0.1) is 11.3 Å². The number of phenolic OH excluding ortho intramolecular Hbond substituents is 2. The molecule has 0 radical (unpaired) electrons. The summed E-state index contributed by atoms with van der Waals surface area (Å²) < 4.78 is 0. The van der Waals surface area contributed by atoms with Gasteiger partial charge in [-0.3, -0.25) is 0 Å². The molecule has 2 rings (SSSR count). The second-order valence-electron chi connectivity index (χ2n) is 3.51. The summed E-state index contributed by atoms with van der Waals surface area (Å²) in [6.45, 7) is 0. The number of nitrogen functional groups attached to an aromatic ring is 2. The van der Waals surface area contributed by atoms with Crippen molar-refractivity contribution in [2.45, 2.75) is 0 Å². The highest BCUT2D eigenvalue weighted by atomic mass is 16.3. The van der Waals surface area contributed by atoms with Crippen molar-refractivity contribution in [3.05, 3.63) is 23.8 Å². The Hall–Kier alpha value is -3.01. The van der Waals surface area contributed by atoms with E-state index in [1.807, 2.05) is 6.07 Å². The molecule has 6 N–H and O–H groups in total. The third-order valence-corrected chi connectivity index (χ3v) is 2.31. The van der Waals surface area contributed by atoms with E-state index >= 15 is 0 Å². The molecule has 1 aromatic carbocycles. The van der Waals surface area contributed by atoms with Gasteiger partial charge in [0.25, 0.3) is 0 Å². The molecule has 0 amide bonds. The van der Waals surface area contributed by atoms with Gasteiger partial charge in [-0.2, -0.15) is 10.2 Å². The first-order valence-corrected chi connectivity index (χ1v) is 4.88. The van der Waals surface area contributed by atoms with Crippen LogP contribution in [0.2, 0.25) is 0 Å². The minimum absolute atomic E-state index is 0.0347. The average Bonchev–Trinajstić information content (AvgIpc) is 2.32. The summed E-state index contributed by atoms with van der Waals surface area (Å²) in [7, 11) is 0. The van der Waals surface area contributed by atoms with Gasteiger partial charge in [0.1, 0.15) is 17.5 Å². The number of nitrogens with zero attached hydrogens (tertiary/aromatic N) is 3. The number of aromatic nitrogens is 2. The maximum absolute atomic E-state index is 9.42. The Morgan fingerprint density at radius 2 is 1.83 bits per heavy atom. The van der Waals surface area contributed by atoms with Crippen LogP contribution in [0.15, 0.2) is 18.2 Å². The molecule has 1 heterocycles. The Balaban J connectivity index is 2.70. The number of anilines is 2. The van der Waals surface area contributed by atoms with Crippen LogP contribution in [0.1, 0.15) is 5.56 Å². The number of benzene rings is 1. The van der Waals surface area contributed by atoms with Crippen LogP contribution >= 0.6 is 0 Å². The third-order valence-electron chi connectivity index (χ3n) is 2.31. The Morgan fingerprint density at radius 1 is 1.11 bits per heavy atom. The summed E-state index contributed by atoms with van der Waals surface area (Å²) in [5, 5.41) is 27.7. The summed E-state index contributed by atoms with van der Waals surface area (Å²) >= 11 is 0. The molecule has 0 aliphatic rings. The zero-order chi connectivity index (χ0) is 13.3. The first kappa shape index (κ1) is 11.5. The van der Waals surface area contributed by atoms with E-state index in [4.69, 9.17) is 16.7 Å². The fraction of sp³-hybridized carbons (Fsp3) is 0. The van der Waals surface area contributed by atoms with E-state index in [0.29, 0.717) is 5.56 Å². The lowest BCUT2D eigenvalue weighted by Crippen LogP contribution is -2.04. The number of nitrogens with two attached hydrogens (primary N) is 2. The summed E-state index contributed by atoms with van der Waals surface area (Å²) in [5.41, 5.74) is 11.7. The van der Waals surface area contributed by atoms with Crippen molar-refractivity contribution in [1.29, 1.82) is 5.26 Å². The Bertz CT molecular complexity index is 663. The Kier molecular flexibility index (Phi) is 2.61. The van der Waals surface area contributed by atoms with Gasteiger partial charge in [-0.1, -0.05) is 0 Å². The highest BCUT2D eigenvalue weighted by Crippen LogP contribution is 2.32. The van der Waals surface area contributed by atoms with E-state index in [2.05, 4.69) is 9.97 Å². The van der Waals surface area contributed by atoms with Crippen LogP contribution in [0.4, 0.5) is 11.8 Å². The van der Waals surface area contributed by atoms with Crippen molar-refractivity contribution in [2.75, 3.05) is 11.5 Å². The fourth-order valence-electron chi connectivity index (χ4n) is 1.49. The first-order valence-electron chi connectivity index (χ1n) is 4.88. The standard InChI is InChI=1S/C11H9N5O2/c12-4-6-9(15-11(14)16-10(6)13)5-1-2-7(17)8(18)3-5/h1-3,17-18H,(H4,13,14,15,16). The van der Waals surface area contributed by atoms with Gasteiger partial charge in [0.2, 0.25) is 5.95 Å². The third kappa shape index (κ3) is 1.82. The largest absolute Gasteiger partial charge is 0.504 e. The van der Waals surface area contributed by atoms with Crippen molar-refractivity contribution in [1.82, 2.24) is 9.97 Å². The van der Waals surface area contributed by atoms with Crippen LogP contribution in [0.25, 0.3) is 11.3 Å². The van der Waals surface area contributed by atoms with E-state index < -0.39 is 0 Å². The van der Waals surface area contributed by atoms with Gasteiger partial charge in [-0.05, 0) is 18.2 Å². The molecule has 0 spiro atoms. The summed E-state index contributed by atoms with van der Waals surface area (Å²) in [6.07, 6.45) is 0. The minimum atomic E-state index is -0.327. The van der Waals surface area contributed by atoms with E-state index in [0.717, 1.165) is 0 Å². The Morgan fingerprint density at radius 3 is 2.44 bits per heavy atom. The molecule has 7 nitrogen and oxygen atoms in total. The molecule has 90 valence electrons. The van der Waals surface area contributed by atoms with Crippen LogP contribution in [0.5, 0.6) is 11.5 Å². The Labute approximate surface area is 102 Å². The highest BCUT2D eigenvalue weighted by Gasteiger charge is 2.14. The monoisotopic (exact) mass is 243 g/mol. The summed E-state index contributed by atoms with van der Waals surface area (Å²) in [6, 6.07) is 5.90. The number of nitriles is 1. The van der Waals surface area contributed by atoms with Crippen molar-refractivity contribution in [2.24, 2.45) is 0 Å². The zero-order valence-electron chi connectivity index (χ0n) is 9.12. The smallest absolute Gasteiger partial charge is 0.222 e. The molecule has 0 bridgehead atoms. The molecular weight excluding hydrogens is 234 g/mol. The highest BCUT2D eigenvalue weighted by molar-refractivity contribution is 5.74. The molecule has 0 aliphatic carbocycles. The molecular formula is C11H9N5O2. The second-order valence-corrected chi connectivity index (χ2v) is 3.51. The second kappa shape index (κ2) is 4.10. The zero-order valence-corrected chi connectivity index (χ0v) is 9.12. The molecule has 0 saturated heterocycles. The van der Waals surface area contributed by atoms with Gasteiger partial charge in [-0.15, -0.1) is 0 Å². The van der Waals surface area contributed by atoms with E-state index in [1.165, 1.54) is 18.2 Å². The van der Waals surface area contributed by atoms with Gasteiger partial charge < -0.3 is 21.7 Å². The molecule has 0 aliphatic heterocycles. The SMILES string of the molecule is N#Cc1c(N)nc(N)nc1-c1ccc(O)c(O)c1. The van der Waals surface area contributed by atoms with Gasteiger partial charge in [-0.25, -0.2) is 4.98 Å². The molecule has 0 fully saturated rings. The van der Waals surface area contributed by atoms with Crippen LogP contribution in [0.3, 0.4) is 0 Å². The molecule has 18 heavy (non-hydrogen) atoms. The molecule has 0 unspecified atom stereocenters. The van der Waals surface area contributed by atoms with E-state index in [1.54, 1.807) is 0 Å². The topological polar surface area (TPSA) is 142 Å². The fourth-order valence-corrected chi connectivity index (χ4v) is 1.49. The van der Waals surface area contributed by atoms with Gasteiger partial charge in [0, 0.05) is 5.56 Å². The minimum Gasteiger partial charge on any atom is -0.504 e. The van der Waals surface area contributed by atoms with Gasteiger partial charge in [0.05, 0.1) is 5.69 Å². The predicted octanol–water partition coefficient (Wildman–Crippen LogP) is 0.591. The maximum atomic E-state index is 9.42.